The molecule has 2 aliphatic heterocycles. The van der Waals surface area contributed by atoms with Gasteiger partial charge >= 0.3 is 0 Å². The molecule has 2 amide bonds. The zero-order chi connectivity index (χ0) is 20.5. The third kappa shape index (κ3) is 3.34. The van der Waals surface area contributed by atoms with Gasteiger partial charge in [-0.1, -0.05) is 48.5 Å². The Balaban J connectivity index is 1.24. The smallest absolute Gasteiger partial charge is 0.267 e. The highest BCUT2D eigenvalue weighted by atomic mass is 16.6. The Labute approximate surface area is 174 Å². The zero-order valence-electron chi connectivity index (χ0n) is 16.5. The first kappa shape index (κ1) is 18.5. The number of carbonyl (C=O) groups is 2. The van der Waals surface area contributed by atoms with Gasteiger partial charge in [0.2, 0.25) is 6.10 Å². The summed E-state index contributed by atoms with van der Waals surface area (Å²) >= 11 is 0. The van der Waals surface area contributed by atoms with E-state index in [0.717, 1.165) is 10.8 Å². The molecule has 0 N–H and O–H groups in total. The highest BCUT2D eigenvalue weighted by Gasteiger charge is 2.33. The second-order valence-corrected chi connectivity index (χ2v) is 7.51. The SMILES string of the molecule is O=C(c1cccc2ccccc12)N1CCN(C(=O)[C@H]2COc3ccccc3O2)CC1. The molecule has 0 unspecified atom stereocenters. The van der Waals surface area contributed by atoms with Crippen LogP contribution in [0.15, 0.2) is 66.7 Å². The van der Waals surface area contributed by atoms with Gasteiger partial charge in [0, 0.05) is 31.7 Å². The maximum absolute atomic E-state index is 13.1. The van der Waals surface area contributed by atoms with Gasteiger partial charge in [-0.15, -0.1) is 0 Å². The topological polar surface area (TPSA) is 59.1 Å². The minimum atomic E-state index is -0.653. The van der Waals surface area contributed by atoms with Gasteiger partial charge in [-0.2, -0.15) is 0 Å². The summed E-state index contributed by atoms with van der Waals surface area (Å²) in [5.74, 6) is 1.16. The number of carbonyl (C=O) groups excluding carboxylic acids is 2. The van der Waals surface area contributed by atoms with Crippen molar-refractivity contribution >= 4 is 22.6 Å². The normalized spacial score (nSPS) is 18.3. The molecule has 2 aliphatic rings. The van der Waals surface area contributed by atoms with Crippen molar-refractivity contribution in [3.8, 4) is 11.5 Å². The summed E-state index contributed by atoms with van der Waals surface area (Å²) in [6.45, 7) is 2.16. The standard InChI is InChI=1S/C24H22N2O4/c27-23(19-9-5-7-17-6-1-2-8-18(17)19)25-12-14-26(15-13-25)24(28)22-16-29-20-10-3-4-11-21(20)30-22/h1-11,22H,12-16H2/t22-/m1/s1. The molecule has 1 saturated heterocycles. The van der Waals surface area contributed by atoms with Crippen molar-refractivity contribution in [2.75, 3.05) is 32.8 Å². The molecule has 5 rings (SSSR count). The lowest BCUT2D eigenvalue weighted by molar-refractivity contribution is -0.142. The second kappa shape index (κ2) is 7.71. The van der Waals surface area contributed by atoms with Crippen LogP contribution in [0, 0.1) is 0 Å². The minimum Gasteiger partial charge on any atom is -0.485 e. The summed E-state index contributed by atoms with van der Waals surface area (Å²) in [5.41, 5.74) is 0.702. The van der Waals surface area contributed by atoms with Crippen molar-refractivity contribution in [1.29, 1.82) is 0 Å². The maximum atomic E-state index is 13.1. The van der Waals surface area contributed by atoms with Crippen LogP contribution >= 0.6 is 0 Å². The molecule has 30 heavy (non-hydrogen) atoms. The largest absolute Gasteiger partial charge is 0.485 e. The number of ether oxygens (including phenoxy) is 2. The van der Waals surface area contributed by atoms with Crippen molar-refractivity contribution in [3.63, 3.8) is 0 Å². The van der Waals surface area contributed by atoms with E-state index in [-0.39, 0.29) is 18.4 Å². The molecular weight excluding hydrogens is 380 g/mol. The molecule has 1 atom stereocenters. The average Bonchev–Trinajstić information content (AvgIpc) is 2.82. The first-order chi connectivity index (χ1) is 14.7. The predicted molar refractivity (Wildman–Crippen MR) is 113 cm³/mol. The van der Waals surface area contributed by atoms with Crippen LogP contribution in [-0.2, 0) is 4.79 Å². The van der Waals surface area contributed by atoms with Crippen LogP contribution in [0.4, 0.5) is 0 Å². The number of piperazine rings is 1. The van der Waals surface area contributed by atoms with Gasteiger partial charge in [-0.3, -0.25) is 9.59 Å². The van der Waals surface area contributed by atoms with Crippen LogP contribution in [0.5, 0.6) is 11.5 Å². The summed E-state index contributed by atoms with van der Waals surface area (Å²) in [7, 11) is 0. The molecule has 3 aromatic carbocycles. The molecular formula is C24H22N2O4. The highest BCUT2D eigenvalue weighted by Crippen LogP contribution is 2.31. The number of para-hydroxylation sites is 2. The van der Waals surface area contributed by atoms with Crippen molar-refractivity contribution in [1.82, 2.24) is 9.80 Å². The van der Waals surface area contributed by atoms with E-state index in [4.69, 9.17) is 9.47 Å². The number of hydrogen-bond donors (Lipinski definition) is 0. The lowest BCUT2D eigenvalue weighted by atomic mass is 10.0. The lowest BCUT2D eigenvalue weighted by Gasteiger charge is -2.37. The molecule has 0 radical (unpaired) electrons. The Morgan fingerprint density at radius 3 is 2.27 bits per heavy atom. The molecule has 0 aromatic heterocycles. The number of benzene rings is 3. The molecule has 6 nitrogen and oxygen atoms in total. The van der Waals surface area contributed by atoms with E-state index in [1.807, 2.05) is 65.6 Å². The average molecular weight is 402 g/mol. The van der Waals surface area contributed by atoms with Crippen LogP contribution in [0.25, 0.3) is 10.8 Å². The van der Waals surface area contributed by atoms with E-state index in [1.165, 1.54) is 0 Å². The lowest BCUT2D eigenvalue weighted by Crippen LogP contribution is -2.55. The third-order valence-corrected chi connectivity index (χ3v) is 5.68. The molecule has 1 fully saturated rings. The second-order valence-electron chi connectivity index (χ2n) is 7.51. The number of fused-ring (bicyclic) bond motifs is 2. The number of nitrogens with zero attached hydrogens (tertiary/aromatic N) is 2. The van der Waals surface area contributed by atoms with Crippen molar-refractivity contribution in [3.05, 3.63) is 72.3 Å². The highest BCUT2D eigenvalue weighted by molar-refractivity contribution is 6.07. The molecule has 0 aliphatic carbocycles. The Kier molecular flexibility index (Phi) is 4.75. The van der Waals surface area contributed by atoms with Crippen molar-refractivity contribution < 1.29 is 19.1 Å². The molecule has 3 aromatic rings. The molecule has 0 bridgehead atoms. The Morgan fingerprint density at radius 1 is 0.767 bits per heavy atom. The molecule has 152 valence electrons. The monoisotopic (exact) mass is 402 g/mol. The van der Waals surface area contributed by atoms with Crippen LogP contribution in [0.2, 0.25) is 0 Å². The van der Waals surface area contributed by atoms with Gasteiger partial charge < -0.3 is 19.3 Å². The van der Waals surface area contributed by atoms with Crippen molar-refractivity contribution in [2.24, 2.45) is 0 Å². The van der Waals surface area contributed by atoms with Gasteiger partial charge in [0.25, 0.3) is 11.8 Å². The summed E-state index contributed by atoms with van der Waals surface area (Å²) in [6.07, 6.45) is -0.653. The summed E-state index contributed by atoms with van der Waals surface area (Å²) in [4.78, 5) is 29.6. The van der Waals surface area contributed by atoms with E-state index >= 15 is 0 Å². The Morgan fingerprint density at radius 2 is 1.43 bits per heavy atom. The van der Waals surface area contributed by atoms with Gasteiger partial charge in [-0.05, 0) is 29.0 Å². The van der Waals surface area contributed by atoms with Gasteiger partial charge in [0.05, 0.1) is 0 Å². The fourth-order valence-corrected chi connectivity index (χ4v) is 4.06. The molecule has 0 spiro atoms. The number of rotatable bonds is 2. The van der Waals surface area contributed by atoms with E-state index in [0.29, 0.717) is 43.2 Å². The van der Waals surface area contributed by atoms with Gasteiger partial charge in [-0.25, -0.2) is 0 Å². The van der Waals surface area contributed by atoms with Crippen LogP contribution < -0.4 is 9.47 Å². The fraction of sp³-hybridized carbons (Fsp3) is 0.250. The quantitative estimate of drug-likeness (QED) is 0.661. The van der Waals surface area contributed by atoms with E-state index in [1.54, 1.807) is 11.0 Å². The fourth-order valence-electron chi connectivity index (χ4n) is 4.06. The number of hydrogen-bond acceptors (Lipinski definition) is 4. The van der Waals surface area contributed by atoms with E-state index in [2.05, 4.69) is 0 Å². The minimum absolute atomic E-state index is 0.00470. The molecule has 2 heterocycles. The summed E-state index contributed by atoms with van der Waals surface area (Å²) in [5, 5.41) is 2.00. The number of amides is 2. The molecule has 0 saturated carbocycles. The van der Waals surface area contributed by atoms with E-state index in [9.17, 15) is 9.59 Å². The van der Waals surface area contributed by atoms with Gasteiger partial charge in [0.15, 0.2) is 11.5 Å². The Bertz CT molecular complexity index is 1100. The maximum Gasteiger partial charge on any atom is 0.267 e. The van der Waals surface area contributed by atoms with Crippen LogP contribution in [0.1, 0.15) is 10.4 Å². The first-order valence-corrected chi connectivity index (χ1v) is 10.1. The predicted octanol–water partition coefficient (Wildman–Crippen LogP) is 2.96. The zero-order valence-corrected chi connectivity index (χ0v) is 16.5. The van der Waals surface area contributed by atoms with Crippen LogP contribution in [-0.4, -0.2) is 60.5 Å². The van der Waals surface area contributed by atoms with Gasteiger partial charge in [0.1, 0.15) is 6.61 Å². The first-order valence-electron chi connectivity index (χ1n) is 10.1. The summed E-state index contributed by atoms with van der Waals surface area (Å²) in [6, 6.07) is 21.0. The Hall–Kier alpha value is -3.54. The summed E-state index contributed by atoms with van der Waals surface area (Å²) < 4.78 is 11.5. The van der Waals surface area contributed by atoms with Crippen LogP contribution in [0.3, 0.4) is 0 Å². The third-order valence-electron chi connectivity index (χ3n) is 5.68. The van der Waals surface area contributed by atoms with Crippen molar-refractivity contribution in [2.45, 2.75) is 6.10 Å². The van der Waals surface area contributed by atoms with E-state index < -0.39 is 6.10 Å². The molecule has 6 heteroatoms.